The second-order valence-corrected chi connectivity index (χ2v) is 8.90. The zero-order valence-corrected chi connectivity index (χ0v) is 20.2. The Kier molecular flexibility index (Phi) is 7.61. The van der Waals surface area contributed by atoms with Gasteiger partial charge in [0, 0.05) is 42.7 Å². The zero-order chi connectivity index (χ0) is 23.2. The lowest BCUT2D eigenvalue weighted by Gasteiger charge is -2.27. The van der Waals surface area contributed by atoms with Crippen molar-refractivity contribution in [1.82, 2.24) is 25.1 Å². The fraction of sp³-hybridized carbons (Fsp3) is 0.417. The van der Waals surface area contributed by atoms with E-state index in [4.69, 9.17) is 9.84 Å². The first-order valence-electron chi connectivity index (χ1n) is 11.1. The molecule has 33 heavy (non-hydrogen) atoms. The second-order valence-electron chi connectivity index (χ2n) is 8.02. The largest absolute Gasteiger partial charge is 0.378 e. The van der Waals surface area contributed by atoms with Gasteiger partial charge in [-0.2, -0.15) is 5.10 Å². The Morgan fingerprint density at radius 1 is 1.12 bits per heavy atom. The van der Waals surface area contributed by atoms with Crippen molar-refractivity contribution in [1.29, 1.82) is 0 Å². The van der Waals surface area contributed by atoms with Crippen LogP contribution in [-0.4, -0.2) is 58.2 Å². The number of aromatic nitrogens is 4. The third-order valence-electron chi connectivity index (χ3n) is 5.88. The lowest BCUT2D eigenvalue weighted by atomic mass is 10.1. The molecular weight excluding hydrogens is 436 g/mol. The first kappa shape index (κ1) is 23.3. The molecule has 1 aliphatic rings. The SMILES string of the molecule is CSc1ccc(CNC(=O)CCc2c(C)nn(-c3cc(N4CCOCC4)ncn3)c2C)cc1. The number of amides is 1. The lowest BCUT2D eigenvalue weighted by molar-refractivity contribution is -0.121. The van der Waals surface area contributed by atoms with Crippen LogP contribution in [0.1, 0.15) is 28.9 Å². The van der Waals surface area contributed by atoms with Crippen LogP contribution in [0.2, 0.25) is 0 Å². The van der Waals surface area contributed by atoms with Gasteiger partial charge in [0.25, 0.3) is 0 Å². The fourth-order valence-corrected chi connectivity index (χ4v) is 4.36. The van der Waals surface area contributed by atoms with E-state index in [0.29, 0.717) is 32.6 Å². The molecule has 0 bridgehead atoms. The topological polar surface area (TPSA) is 85.2 Å². The molecule has 3 heterocycles. The average Bonchev–Trinajstić information content (AvgIpc) is 3.15. The molecule has 174 valence electrons. The maximum absolute atomic E-state index is 12.5. The Hall–Kier alpha value is -2.91. The van der Waals surface area contributed by atoms with E-state index in [1.165, 1.54) is 4.90 Å². The van der Waals surface area contributed by atoms with E-state index in [1.54, 1.807) is 18.1 Å². The van der Waals surface area contributed by atoms with Gasteiger partial charge in [0.05, 0.1) is 18.9 Å². The van der Waals surface area contributed by atoms with E-state index >= 15 is 0 Å². The fourth-order valence-electron chi connectivity index (χ4n) is 3.95. The van der Waals surface area contributed by atoms with Crippen LogP contribution in [0.3, 0.4) is 0 Å². The molecule has 0 radical (unpaired) electrons. The van der Waals surface area contributed by atoms with Gasteiger partial charge in [-0.25, -0.2) is 14.6 Å². The average molecular weight is 467 g/mol. The van der Waals surface area contributed by atoms with E-state index in [9.17, 15) is 4.79 Å². The molecule has 0 aliphatic carbocycles. The number of rotatable bonds is 8. The van der Waals surface area contributed by atoms with Gasteiger partial charge in [-0.3, -0.25) is 4.79 Å². The van der Waals surface area contributed by atoms with Gasteiger partial charge < -0.3 is 15.0 Å². The minimum atomic E-state index is 0.0344. The van der Waals surface area contributed by atoms with E-state index in [1.807, 2.05) is 24.6 Å². The standard InChI is InChI=1S/C24H30N6O2S/c1-17-21(8-9-24(31)25-15-19-4-6-20(33-3)7-5-19)18(2)30(28-17)23-14-22(26-16-27-23)29-10-12-32-13-11-29/h4-7,14,16H,8-13,15H2,1-3H3,(H,25,31). The maximum Gasteiger partial charge on any atom is 0.220 e. The van der Waals surface area contributed by atoms with Crippen molar-refractivity contribution in [3.8, 4) is 5.82 Å². The monoisotopic (exact) mass is 466 g/mol. The summed E-state index contributed by atoms with van der Waals surface area (Å²) in [6, 6.07) is 10.2. The number of aryl methyl sites for hydroxylation is 1. The van der Waals surface area contributed by atoms with Crippen molar-refractivity contribution in [3.05, 3.63) is 59.2 Å². The minimum Gasteiger partial charge on any atom is -0.378 e. The van der Waals surface area contributed by atoms with Crippen LogP contribution in [-0.2, 0) is 22.5 Å². The Morgan fingerprint density at radius 2 is 1.85 bits per heavy atom. The molecule has 1 aliphatic heterocycles. The third kappa shape index (κ3) is 5.72. The van der Waals surface area contributed by atoms with Crippen LogP contribution in [0.4, 0.5) is 5.82 Å². The highest BCUT2D eigenvalue weighted by molar-refractivity contribution is 7.98. The molecule has 8 nitrogen and oxygen atoms in total. The molecule has 0 spiro atoms. The number of benzene rings is 1. The number of thioether (sulfide) groups is 1. The van der Waals surface area contributed by atoms with Crippen LogP contribution in [0.5, 0.6) is 0 Å². The minimum absolute atomic E-state index is 0.0344. The lowest BCUT2D eigenvalue weighted by Crippen LogP contribution is -2.36. The Bertz CT molecular complexity index is 1090. The summed E-state index contributed by atoms with van der Waals surface area (Å²) >= 11 is 1.71. The molecule has 0 atom stereocenters. The molecule has 0 unspecified atom stereocenters. The predicted molar refractivity (Wildman–Crippen MR) is 130 cm³/mol. The highest BCUT2D eigenvalue weighted by atomic mass is 32.2. The van der Waals surface area contributed by atoms with Gasteiger partial charge in [0.15, 0.2) is 5.82 Å². The Balaban J connectivity index is 1.38. The highest BCUT2D eigenvalue weighted by Gasteiger charge is 2.17. The summed E-state index contributed by atoms with van der Waals surface area (Å²) in [5.74, 6) is 1.64. The Labute approximate surface area is 198 Å². The molecule has 1 amide bonds. The molecule has 9 heteroatoms. The molecule has 1 aromatic carbocycles. The molecule has 3 aromatic rings. The second kappa shape index (κ2) is 10.8. The number of carbonyl (C=O) groups is 1. The Morgan fingerprint density at radius 3 is 2.58 bits per heavy atom. The van der Waals surface area contributed by atoms with Crippen LogP contribution >= 0.6 is 11.8 Å². The summed E-state index contributed by atoms with van der Waals surface area (Å²) in [7, 11) is 0. The van der Waals surface area contributed by atoms with Crippen molar-refractivity contribution in [2.45, 2.75) is 38.1 Å². The first-order chi connectivity index (χ1) is 16.0. The normalized spacial score (nSPS) is 13.8. The van der Waals surface area contributed by atoms with Crippen LogP contribution in [0.25, 0.3) is 5.82 Å². The number of nitrogens with one attached hydrogen (secondary N) is 1. The maximum atomic E-state index is 12.5. The highest BCUT2D eigenvalue weighted by Crippen LogP contribution is 2.21. The first-order valence-corrected chi connectivity index (χ1v) is 12.4. The van der Waals surface area contributed by atoms with Gasteiger partial charge in [-0.05, 0) is 49.8 Å². The number of anilines is 1. The molecule has 4 rings (SSSR count). The molecule has 0 saturated carbocycles. The number of nitrogens with zero attached hydrogens (tertiary/aromatic N) is 5. The zero-order valence-electron chi connectivity index (χ0n) is 19.4. The van der Waals surface area contributed by atoms with E-state index in [-0.39, 0.29) is 5.91 Å². The third-order valence-corrected chi connectivity index (χ3v) is 6.63. The molecule has 1 saturated heterocycles. The number of ether oxygens (including phenoxy) is 1. The van der Waals surface area contributed by atoms with Crippen molar-refractivity contribution >= 4 is 23.5 Å². The van der Waals surface area contributed by atoms with Gasteiger partial charge >= 0.3 is 0 Å². The molecule has 2 aromatic heterocycles. The molecule has 1 N–H and O–H groups in total. The number of morpholine rings is 1. The van der Waals surface area contributed by atoms with Crippen molar-refractivity contribution < 1.29 is 9.53 Å². The van der Waals surface area contributed by atoms with Gasteiger partial charge in [0.1, 0.15) is 12.1 Å². The number of hydrogen-bond donors (Lipinski definition) is 1. The predicted octanol–water partition coefficient (Wildman–Crippen LogP) is 3.09. The van der Waals surface area contributed by atoms with Crippen LogP contribution < -0.4 is 10.2 Å². The summed E-state index contributed by atoms with van der Waals surface area (Å²) < 4.78 is 7.28. The summed E-state index contributed by atoms with van der Waals surface area (Å²) in [5, 5.41) is 7.72. The number of hydrogen-bond acceptors (Lipinski definition) is 7. The van der Waals surface area contributed by atoms with Crippen molar-refractivity contribution in [3.63, 3.8) is 0 Å². The van der Waals surface area contributed by atoms with Gasteiger partial charge in [0.2, 0.25) is 5.91 Å². The smallest absolute Gasteiger partial charge is 0.220 e. The summed E-state index contributed by atoms with van der Waals surface area (Å²) in [4.78, 5) is 24.7. The van der Waals surface area contributed by atoms with E-state index in [2.05, 4.69) is 50.7 Å². The van der Waals surface area contributed by atoms with Crippen LogP contribution in [0, 0.1) is 13.8 Å². The summed E-state index contributed by atoms with van der Waals surface area (Å²) in [5.41, 5.74) is 4.10. The summed E-state index contributed by atoms with van der Waals surface area (Å²) in [6.07, 6.45) is 4.68. The van der Waals surface area contributed by atoms with E-state index < -0.39 is 0 Å². The quantitative estimate of drug-likeness (QED) is 0.511. The number of carbonyl (C=O) groups excluding carboxylic acids is 1. The van der Waals surface area contributed by atoms with E-state index in [0.717, 1.165) is 47.2 Å². The van der Waals surface area contributed by atoms with Crippen LogP contribution in [0.15, 0.2) is 41.6 Å². The van der Waals surface area contributed by atoms with Gasteiger partial charge in [-0.1, -0.05) is 12.1 Å². The molecular formula is C24H30N6O2S. The van der Waals surface area contributed by atoms with Gasteiger partial charge in [-0.15, -0.1) is 11.8 Å². The molecule has 1 fully saturated rings. The summed E-state index contributed by atoms with van der Waals surface area (Å²) in [6.45, 7) is 7.58. The van der Waals surface area contributed by atoms with Crippen molar-refractivity contribution in [2.75, 3.05) is 37.5 Å². The van der Waals surface area contributed by atoms with Crippen molar-refractivity contribution in [2.24, 2.45) is 0 Å².